The molecule has 4 fully saturated rings. The van der Waals surface area contributed by atoms with Gasteiger partial charge in [0, 0.05) is 17.8 Å². The molecular weight excluding hydrogens is 580 g/mol. The Hall–Kier alpha value is -2.14. The number of carbonyl (C=O) groups excluding carboxylic acids is 1. The van der Waals surface area contributed by atoms with Gasteiger partial charge in [0.25, 0.3) is 0 Å². The number of rotatable bonds is 8. The van der Waals surface area contributed by atoms with E-state index < -0.39 is 5.41 Å². The minimum Gasteiger partial charge on any atom is -0.476 e. The number of allylic oxidation sites excluding steroid dienone is 4. The number of ether oxygens (including phenoxy) is 2. The average molecular weight is 643 g/mol. The van der Waals surface area contributed by atoms with Gasteiger partial charge >= 0.3 is 5.97 Å². The highest BCUT2D eigenvalue weighted by Crippen LogP contribution is 2.75. The van der Waals surface area contributed by atoms with Crippen LogP contribution in [0.2, 0.25) is 0 Å². The van der Waals surface area contributed by atoms with E-state index in [-0.39, 0.29) is 5.97 Å². The third-order valence-corrected chi connectivity index (χ3v) is 15.9. The van der Waals surface area contributed by atoms with Crippen molar-refractivity contribution in [1.82, 2.24) is 10.3 Å². The Morgan fingerprint density at radius 2 is 1.77 bits per heavy atom. The van der Waals surface area contributed by atoms with Crippen LogP contribution < -0.4 is 10.1 Å². The van der Waals surface area contributed by atoms with Crippen molar-refractivity contribution in [2.75, 3.05) is 19.8 Å². The zero-order valence-corrected chi connectivity index (χ0v) is 30.3. The van der Waals surface area contributed by atoms with Crippen LogP contribution in [0.15, 0.2) is 47.7 Å². The van der Waals surface area contributed by atoms with Crippen molar-refractivity contribution in [2.24, 2.45) is 51.2 Å². The molecule has 0 radical (unpaired) electrons. The van der Waals surface area contributed by atoms with Gasteiger partial charge in [0.15, 0.2) is 0 Å². The van der Waals surface area contributed by atoms with Crippen molar-refractivity contribution >= 4 is 5.97 Å². The van der Waals surface area contributed by atoms with E-state index in [2.05, 4.69) is 57.1 Å². The molecule has 4 saturated carbocycles. The molecule has 1 N–H and O–H groups in total. The lowest BCUT2D eigenvalue weighted by Gasteiger charge is -2.71. The van der Waals surface area contributed by atoms with Crippen LogP contribution in [0.25, 0.3) is 0 Å². The quantitative estimate of drug-likeness (QED) is 0.286. The summed E-state index contributed by atoms with van der Waals surface area (Å²) in [6.45, 7) is 16.8. The second kappa shape index (κ2) is 12.3. The van der Waals surface area contributed by atoms with Gasteiger partial charge in [-0.2, -0.15) is 0 Å². The van der Waals surface area contributed by atoms with Crippen LogP contribution in [0.5, 0.6) is 5.88 Å². The molecule has 0 aliphatic heterocycles. The number of hydrogen-bond donors (Lipinski definition) is 1. The van der Waals surface area contributed by atoms with Crippen LogP contribution in [0, 0.1) is 51.2 Å². The molecule has 6 aliphatic rings. The lowest BCUT2D eigenvalue weighted by atomic mass is 9.34. The van der Waals surface area contributed by atoms with E-state index in [0.717, 1.165) is 43.1 Å². The standard InChI is InChI=1S/C42H62N2O3/c1-7-44-42-20-11-12-34(42)33-14-15-35-38(4)21-18-31(29(3)32(38)19-22-40(35,6)39(33,5)25-26-42)30-16-23-41(24-17-30,37(45)46-8-2)28-47-36-13-9-10-27-43-36/h9-10,13,16,18,27,29,32-35,44H,7-8,11-12,14-15,17,19-26,28H2,1-6H3/t29?,32?,33?,34?,35?,38?,39-,40?,41?,42?/m1/s1. The number of hydrogen-bond acceptors (Lipinski definition) is 5. The Labute approximate surface area is 285 Å². The first kappa shape index (κ1) is 33.4. The number of esters is 1. The van der Waals surface area contributed by atoms with Crippen LogP contribution in [-0.2, 0) is 9.53 Å². The summed E-state index contributed by atoms with van der Waals surface area (Å²) < 4.78 is 11.7. The number of aromatic nitrogens is 1. The molecule has 7 rings (SSSR count). The molecule has 0 saturated heterocycles. The molecule has 1 aromatic rings. The molecule has 5 nitrogen and oxygen atoms in total. The highest BCUT2D eigenvalue weighted by Gasteiger charge is 2.68. The first-order valence-electron chi connectivity index (χ1n) is 19.4. The van der Waals surface area contributed by atoms with Gasteiger partial charge in [-0.1, -0.05) is 59.3 Å². The first-order valence-corrected chi connectivity index (χ1v) is 19.4. The normalized spacial score (nSPS) is 44.2. The topological polar surface area (TPSA) is 60.5 Å². The van der Waals surface area contributed by atoms with E-state index in [1.807, 2.05) is 25.1 Å². The monoisotopic (exact) mass is 642 g/mol. The summed E-state index contributed by atoms with van der Waals surface area (Å²) in [6.07, 6.45) is 22.9. The molecule has 10 atom stereocenters. The molecule has 5 heteroatoms. The number of nitrogens with one attached hydrogen (secondary N) is 1. The van der Waals surface area contributed by atoms with Crippen LogP contribution in [-0.4, -0.2) is 36.3 Å². The van der Waals surface area contributed by atoms with Gasteiger partial charge < -0.3 is 14.8 Å². The summed E-state index contributed by atoms with van der Waals surface area (Å²) in [5, 5.41) is 4.07. The molecule has 9 unspecified atom stereocenters. The number of pyridine rings is 1. The van der Waals surface area contributed by atoms with Crippen molar-refractivity contribution in [1.29, 1.82) is 0 Å². The predicted molar refractivity (Wildman–Crippen MR) is 189 cm³/mol. The largest absolute Gasteiger partial charge is 0.476 e. The Kier molecular flexibility index (Phi) is 8.75. The third-order valence-electron chi connectivity index (χ3n) is 15.9. The van der Waals surface area contributed by atoms with Gasteiger partial charge in [-0.3, -0.25) is 4.79 Å². The van der Waals surface area contributed by atoms with E-state index >= 15 is 0 Å². The molecule has 47 heavy (non-hydrogen) atoms. The molecule has 6 aliphatic carbocycles. The molecule has 1 aromatic heterocycles. The van der Waals surface area contributed by atoms with E-state index in [1.165, 1.54) is 69.8 Å². The molecular formula is C42H62N2O3. The zero-order chi connectivity index (χ0) is 33.1. The summed E-state index contributed by atoms with van der Waals surface area (Å²) in [5.41, 5.74) is 4.02. The van der Waals surface area contributed by atoms with Crippen molar-refractivity contribution in [2.45, 2.75) is 131 Å². The number of fused-ring (bicyclic) bond motifs is 7. The minimum atomic E-state index is -0.658. The maximum atomic E-state index is 13.4. The van der Waals surface area contributed by atoms with Crippen LogP contribution in [0.3, 0.4) is 0 Å². The summed E-state index contributed by atoms with van der Waals surface area (Å²) in [4.78, 5) is 17.7. The van der Waals surface area contributed by atoms with E-state index in [4.69, 9.17) is 9.47 Å². The van der Waals surface area contributed by atoms with Crippen molar-refractivity contribution < 1.29 is 14.3 Å². The molecule has 0 aromatic carbocycles. The van der Waals surface area contributed by atoms with E-state index in [9.17, 15) is 4.79 Å². The van der Waals surface area contributed by atoms with Gasteiger partial charge in [-0.15, -0.1) is 0 Å². The number of carbonyl (C=O) groups is 1. The SMILES string of the molecule is CCNC12CCCC1C1CCC3C4(C)CC=C(C5=CCC(COc6ccccn6)(C(=O)OCC)CC5)C(C)C4CCC3(C)[C@]1(C)CC2. The van der Waals surface area contributed by atoms with E-state index in [0.29, 0.717) is 53.2 Å². The molecule has 0 spiro atoms. The van der Waals surface area contributed by atoms with Crippen molar-refractivity contribution in [3.05, 3.63) is 47.7 Å². The van der Waals surface area contributed by atoms with Gasteiger partial charge in [0.2, 0.25) is 5.88 Å². The molecule has 0 amide bonds. The lowest BCUT2D eigenvalue weighted by molar-refractivity contribution is -0.212. The van der Waals surface area contributed by atoms with Crippen LogP contribution >= 0.6 is 0 Å². The van der Waals surface area contributed by atoms with Gasteiger partial charge in [0.05, 0.1) is 6.61 Å². The summed E-state index contributed by atoms with van der Waals surface area (Å²) in [7, 11) is 0. The summed E-state index contributed by atoms with van der Waals surface area (Å²) in [5.74, 6) is 4.25. The number of nitrogens with zero attached hydrogens (tertiary/aromatic N) is 1. The van der Waals surface area contributed by atoms with Crippen molar-refractivity contribution in [3.63, 3.8) is 0 Å². The second-order valence-corrected chi connectivity index (χ2v) is 17.5. The van der Waals surface area contributed by atoms with Crippen LogP contribution in [0.4, 0.5) is 0 Å². The Morgan fingerprint density at radius 3 is 2.49 bits per heavy atom. The summed E-state index contributed by atoms with van der Waals surface area (Å²) in [6, 6.07) is 5.66. The lowest BCUT2D eigenvalue weighted by Crippen LogP contribution is -2.66. The first-order chi connectivity index (χ1) is 22.6. The smallest absolute Gasteiger partial charge is 0.315 e. The zero-order valence-electron chi connectivity index (χ0n) is 30.3. The molecule has 258 valence electrons. The van der Waals surface area contributed by atoms with Gasteiger partial charge in [-0.25, -0.2) is 4.98 Å². The Morgan fingerprint density at radius 1 is 0.915 bits per heavy atom. The van der Waals surface area contributed by atoms with Crippen LogP contribution in [0.1, 0.15) is 125 Å². The fourth-order valence-corrected chi connectivity index (χ4v) is 13.4. The third kappa shape index (κ3) is 5.09. The Balaban J connectivity index is 1.11. The second-order valence-electron chi connectivity index (χ2n) is 17.5. The highest BCUT2D eigenvalue weighted by molar-refractivity contribution is 5.78. The van der Waals surface area contributed by atoms with Gasteiger partial charge in [-0.05, 0) is 154 Å². The van der Waals surface area contributed by atoms with Gasteiger partial charge in [0.1, 0.15) is 12.0 Å². The highest BCUT2D eigenvalue weighted by atomic mass is 16.5. The maximum Gasteiger partial charge on any atom is 0.315 e. The summed E-state index contributed by atoms with van der Waals surface area (Å²) >= 11 is 0. The molecule has 1 heterocycles. The van der Waals surface area contributed by atoms with E-state index in [1.54, 1.807) is 11.8 Å². The fourth-order valence-electron chi connectivity index (χ4n) is 13.4. The molecule has 0 bridgehead atoms. The average Bonchev–Trinajstić information content (AvgIpc) is 3.49. The Bertz CT molecular complexity index is 1390. The fraction of sp³-hybridized carbons (Fsp3) is 0.762. The minimum absolute atomic E-state index is 0.136. The maximum absolute atomic E-state index is 13.4. The predicted octanol–water partition coefficient (Wildman–Crippen LogP) is 9.48. The van der Waals surface area contributed by atoms with Crippen molar-refractivity contribution in [3.8, 4) is 5.88 Å².